The van der Waals surface area contributed by atoms with Gasteiger partial charge in [0.2, 0.25) is 0 Å². The first-order valence-electron chi connectivity index (χ1n) is 8.59. The van der Waals surface area contributed by atoms with Crippen molar-refractivity contribution in [3.63, 3.8) is 0 Å². The molecule has 0 aliphatic rings. The van der Waals surface area contributed by atoms with Crippen LogP contribution in [0.4, 0.5) is 11.4 Å². The number of hydrogen-bond acceptors (Lipinski definition) is 5. The monoisotopic (exact) mass is 448 g/mol. The van der Waals surface area contributed by atoms with Crippen molar-refractivity contribution in [2.24, 2.45) is 0 Å². The Morgan fingerprint density at radius 2 is 1.31 bits per heavy atom. The van der Waals surface area contributed by atoms with Gasteiger partial charge in [0.25, 0.3) is 0 Å². The summed E-state index contributed by atoms with van der Waals surface area (Å²) in [5.74, 6) is 1.63. The minimum absolute atomic E-state index is 0. The molecule has 0 bridgehead atoms. The fourth-order valence-electron chi connectivity index (χ4n) is 1.93. The summed E-state index contributed by atoms with van der Waals surface area (Å²) in [6, 6.07) is 15.3. The number of amidine groups is 1. The molecule has 0 aliphatic carbocycles. The maximum atomic E-state index is 7.78. The Kier molecular flexibility index (Phi) is 15.4. The predicted octanol–water partition coefficient (Wildman–Crippen LogP) is 3.83. The van der Waals surface area contributed by atoms with Gasteiger partial charge in [0, 0.05) is 11.4 Å². The van der Waals surface area contributed by atoms with Crippen molar-refractivity contribution in [3.8, 4) is 11.5 Å². The fourth-order valence-corrected chi connectivity index (χ4v) is 2.22. The molecule has 2 aromatic rings. The van der Waals surface area contributed by atoms with E-state index in [4.69, 9.17) is 43.9 Å². The van der Waals surface area contributed by atoms with Gasteiger partial charge in [-0.1, -0.05) is 0 Å². The third-order valence-electron chi connectivity index (χ3n) is 3.11. The van der Waals surface area contributed by atoms with Crippen LogP contribution in [0.1, 0.15) is 13.8 Å². The van der Waals surface area contributed by atoms with Crippen LogP contribution in [-0.4, -0.2) is 64.8 Å². The van der Waals surface area contributed by atoms with Gasteiger partial charge in [0.1, 0.15) is 17.3 Å². The van der Waals surface area contributed by atoms with Crippen molar-refractivity contribution < 1.29 is 14.7 Å². The van der Waals surface area contributed by atoms with Gasteiger partial charge in [0.15, 0.2) is 5.11 Å². The van der Waals surface area contributed by atoms with Gasteiger partial charge in [0.05, 0.1) is 19.1 Å². The zero-order valence-corrected chi connectivity index (χ0v) is 17.4. The number of rotatable bonds is 7. The SMILES string of the molecule is CCOc1ccc(NC(=S)Nc2ccc(OCC)cc2)cc1.N=C(CCl)NO.[NaH]. The van der Waals surface area contributed by atoms with E-state index in [9.17, 15) is 0 Å². The molecule has 29 heavy (non-hydrogen) atoms. The molecular formula is C19H26ClN4NaO3S. The molecule has 0 fully saturated rings. The number of ether oxygens (including phenoxy) is 2. The van der Waals surface area contributed by atoms with E-state index in [0.717, 1.165) is 22.9 Å². The first-order chi connectivity index (χ1) is 13.5. The third kappa shape index (κ3) is 11.9. The molecule has 0 heterocycles. The Balaban J connectivity index is 0.000000981. The number of thiocarbonyl (C=S) groups is 1. The molecule has 0 radical (unpaired) electrons. The molecule has 0 aliphatic heterocycles. The van der Waals surface area contributed by atoms with Crippen molar-refractivity contribution in [1.29, 1.82) is 5.41 Å². The van der Waals surface area contributed by atoms with E-state index in [1.807, 2.05) is 62.4 Å². The van der Waals surface area contributed by atoms with Crippen LogP contribution >= 0.6 is 23.8 Å². The van der Waals surface area contributed by atoms with E-state index >= 15 is 0 Å². The number of halogens is 1. The van der Waals surface area contributed by atoms with E-state index in [1.165, 1.54) is 0 Å². The van der Waals surface area contributed by atoms with Crippen LogP contribution in [0.2, 0.25) is 0 Å². The van der Waals surface area contributed by atoms with Gasteiger partial charge >= 0.3 is 29.6 Å². The summed E-state index contributed by atoms with van der Waals surface area (Å²) in [5.41, 5.74) is 3.38. The van der Waals surface area contributed by atoms with Crippen molar-refractivity contribution in [1.82, 2.24) is 5.48 Å². The molecular weight excluding hydrogens is 423 g/mol. The Labute approximate surface area is 203 Å². The molecule has 0 aromatic heterocycles. The number of anilines is 2. The molecule has 0 unspecified atom stereocenters. The zero-order valence-electron chi connectivity index (χ0n) is 15.8. The van der Waals surface area contributed by atoms with E-state index in [1.54, 1.807) is 5.48 Å². The maximum absolute atomic E-state index is 7.78. The van der Waals surface area contributed by atoms with Gasteiger partial charge < -0.3 is 20.1 Å². The molecule has 10 heteroatoms. The van der Waals surface area contributed by atoms with Gasteiger partial charge in [-0.05, 0) is 74.6 Å². The van der Waals surface area contributed by atoms with Crippen LogP contribution in [0.25, 0.3) is 0 Å². The molecule has 2 rings (SSSR count). The molecule has 0 amide bonds. The van der Waals surface area contributed by atoms with Crippen LogP contribution in [0, 0.1) is 5.41 Å². The molecule has 0 spiro atoms. The standard InChI is InChI=1S/C17H20N2O2S.C2H5ClN2O.Na.H/c1-3-20-15-9-5-13(6-10-15)18-17(22)19-14-7-11-16(12-8-14)21-4-2;3-1-2(4)5-6;;/h5-12H,3-4H2,1-2H3,(H2,18,19,22);6H,1H2,(H2,4,5);;. The van der Waals surface area contributed by atoms with E-state index in [-0.39, 0.29) is 41.3 Å². The third-order valence-corrected chi connectivity index (χ3v) is 3.59. The van der Waals surface area contributed by atoms with E-state index in [2.05, 4.69) is 10.6 Å². The molecule has 2 aromatic carbocycles. The topological polar surface area (TPSA) is 98.6 Å². The Bertz CT molecular complexity index is 674. The second-order valence-corrected chi connectivity index (χ2v) is 5.89. The summed E-state index contributed by atoms with van der Waals surface area (Å²) in [7, 11) is 0. The average molecular weight is 449 g/mol. The van der Waals surface area contributed by atoms with E-state index in [0.29, 0.717) is 18.3 Å². The second-order valence-electron chi connectivity index (χ2n) is 5.22. The van der Waals surface area contributed by atoms with Crippen molar-refractivity contribution in [2.75, 3.05) is 29.7 Å². The number of alkyl halides is 1. The van der Waals surface area contributed by atoms with Crippen LogP contribution < -0.4 is 25.6 Å². The molecule has 0 saturated carbocycles. The van der Waals surface area contributed by atoms with Gasteiger partial charge in [-0.15, -0.1) is 11.6 Å². The number of benzene rings is 2. The predicted molar refractivity (Wildman–Crippen MR) is 126 cm³/mol. The number of hydroxylamine groups is 1. The molecule has 7 nitrogen and oxygen atoms in total. The average Bonchev–Trinajstić information content (AvgIpc) is 2.71. The first kappa shape index (κ1) is 27.5. The van der Waals surface area contributed by atoms with Crippen LogP contribution in [0.3, 0.4) is 0 Å². The second kappa shape index (κ2) is 16.3. The quantitative estimate of drug-likeness (QED) is 0.110. The number of nitrogens with one attached hydrogen (secondary N) is 4. The van der Waals surface area contributed by atoms with E-state index < -0.39 is 0 Å². The fraction of sp³-hybridized carbons (Fsp3) is 0.263. The van der Waals surface area contributed by atoms with Gasteiger partial charge in [-0.3, -0.25) is 16.1 Å². The minimum atomic E-state index is -0.0864. The van der Waals surface area contributed by atoms with Gasteiger partial charge in [-0.25, -0.2) is 0 Å². The molecule has 154 valence electrons. The van der Waals surface area contributed by atoms with Crippen molar-refractivity contribution in [3.05, 3.63) is 48.5 Å². The van der Waals surface area contributed by atoms with Gasteiger partial charge in [-0.2, -0.15) is 0 Å². The van der Waals surface area contributed by atoms with Crippen molar-refractivity contribution >= 4 is 75.7 Å². The summed E-state index contributed by atoms with van der Waals surface area (Å²) in [6.45, 7) is 5.24. The summed E-state index contributed by atoms with van der Waals surface area (Å²) >= 11 is 10.3. The molecule has 0 saturated heterocycles. The van der Waals surface area contributed by atoms with Crippen LogP contribution in [0.15, 0.2) is 48.5 Å². The summed E-state index contributed by atoms with van der Waals surface area (Å²) in [5, 5.41) is 21.1. The molecule has 5 N–H and O–H groups in total. The summed E-state index contributed by atoms with van der Waals surface area (Å²) < 4.78 is 10.8. The normalized spacial score (nSPS) is 9.10. The Morgan fingerprint density at radius 3 is 1.55 bits per heavy atom. The molecule has 0 atom stereocenters. The van der Waals surface area contributed by atoms with Crippen LogP contribution in [0.5, 0.6) is 11.5 Å². The summed E-state index contributed by atoms with van der Waals surface area (Å²) in [6.07, 6.45) is 0. The summed E-state index contributed by atoms with van der Waals surface area (Å²) in [4.78, 5) is 0. The zero-order chi connectivity index (χ0) is 20.8. The first-order valence-corrected chi connectivity index (χ1v) is 9.53. The van der Waals surface area contributed by atoms with Crippen molar-refractivity contribution in [2.45, 2.75) is 13.8 Å². The van der Waals surface area contributed by atoms with Crippen LogP contribution in [-0.2, 0) is 0 Å². The number of hydrogen-bond donors (Lipinski definition) is 5. The Morgan fingerprint density at radius 1 is 0.931 bits per heavy atom. The Hall–Kier alpha value is -1.55.